The molecule has 0 heterocycles. The quantitative estimate of drug-likeness (QED) is 0.757. The molecule has 0 N–H and O–H groups in total. The van der Waals surface area contributed by atoms with Crippen LogP contribution in [-0.2, 0) is 0 Å². The van der Waals surface area contributed by atoms with Crippen LogP contribution in [0.15, 0.2) is 24.3 Å². The molecular weight excluding hydrogens is 200 g/mol. The number of nitrogens with zero attached hydrogens (tertiary/aromatic N) is 2. The first-order valence-corrected chi connectivity index (χ1v) is 5.40. The van der Waals surface area contributed by atoms with Crippen molar-refractivity contribution in [1.29, 1.82) is 10.5 Å². The predicted octanol–water partition coefficient (Wildman–Crippen LogP) is 2.63. The van der Waals surface area contributed by atoms with Gasteiger partial charge in [-0.3, -0.25) is 0 Å². The van der Waals surface area contributed by atoms with Crippen molar-refractivity contribution in [2.75, 3.05) is 0 Å². The Bertz CT molecular complexity index is 456. The van der Waals surface area contributed by atoms with Crippen LogP contribution >= 0.6 is 0 Å². The average Bonchev–Trinajstić information content (AvgIpc) is 2.76. The van der Waals surface area contributed by atoms with Crippen molar-refractivity contribution >= 4 is 0 Å². The van der Waals surface area contributed by atoms with Crippen molar-refractivity contribution in [2.24, 2.45) is 5.92 Å². The summed E-state index contributed by atoms with van der Waals surface area (Å²) in [5.41, 5.74) is 0.587. The molecule has 0 radical (unpaired) electrons. The van der Waals surface area contributed by atoms with Crippen molar-refractivity contribution in [3.8, 4) is 17.9 Å². The normalized spacial score (nSPS) is 23.4. The van der Waals surface area contributed by atoms with Gasteiger partial charge in [-0.25, -0.2) is 0 Å². The SMILES string of the molecule is N#Cc1cccc(OC2CCCC2C#N)c1. The van der Waals surface area contributed by atoms with Gasteiger partial charge in [0.05, 0.1) is 23.6 Å². The summed E-state index contributed by atoms with van der Waals surface area (Å²) >= 11 is 0. The summed E-state index contributed by atoms with van der Waals surface area (Å²) in [7, 11) is 0. The highest BCUT2D eigenvalue weighted by Crippen LogP contribution is 2.29. The van der Waals surface area contributed by atoms with Crippen molar-refractivity contribution < 1.29 is 4.74 Å². The molecule has 0 spiro atoms. The van der Waals surface area contributed by atoms with Crippen LogP contribution in [0.1, 0.15) is 24.8 Å². The van der Waals surface area contributed by atoms with Gasteiger partial charge in [0.1, 0.15) is 11.9 Å². The molecule has 0 aromatic heterocycles. The molecule has 0 saturated heterocycles. The molecule has 16 heavy (non-hydrogen) atoms. The van der Waals surface area contributed by atoms with Crippen molar-refractivity contribution in [2.45, 2.75) is 25.4 Å². The molecule has 3 nitrogen and oxygen atoms in total. The smallest absolute Gasteiger partial charge is 0.121 e. The van der Waals surface area contributed by atoms with Crippen LogP contribution in [0.2, 0.25) is 0 Å². The Hall–Kier alpha value is -2.00. The molecule has 1 aliphatic rings. The zero-order valence-corrected chi connectivity index (χ0v) is 8.89. The van der Waals surface area contributed by atoms with Crippen LogP contribution in [0.4, 0.5) is 0 Å². The van der Waals surface area contributed by atoms with E-state index in [9.17, 15) is 0 Å². The van der Waals surface area contributed by atoms with Gasteiger partial charge in [0.2, 0.25) is 0 Å². The fourth-order valence-corrected chi connectivity index (χ4v) is 2.03. The number of benzene rings is 1. The number of hydrogen-bond donors (Lipinski definition) is 0. The zero-order chi connectivity index (χ0) is 11.4. The van der Waals surface area contributed by atoms with E-state index < -0.39 is 0 Å². The zero-order valence-electron chi connectivity index (χ0n) is 8.89. The highest BCUT2D eigenvalue weighted by atomic mass is 16.5. The molecule has 0 aliphatic heterocycles. The number of rotatable bonds is 2. The highest BCUT2D eigenvalue weighted by Gasteiger charge is 2.28. The van der Waals surface area contributed by atoms with Crippen LogP contribution in [0.25, 0.3) is 0 Å². The maximum Gasteiger partial charge on any atom is 0.121 e. The van der Waals surface area contributed by atoms with E-state index in [4.69, 9.17) is 15.3 Å². The Morgan fingerprint density at radius 3 is 2.88 bits per heavy atom. The third kappa shape index (κ3) is 2.15. The molecule has 0 amide bonds. The van der Waals surface area contributed by atoms with E-state index >= 15 is 0 Å². The summed E-state index contributed by atoms with van der Waals surface area (Å²) in [6, 6.07) is 11.4. The first-order chi connectivity index (χ1) is 7.83. The molecule has 2 atom stereocenters. The summed E-state index contributed by atoms with van der Waals surface area (Å²) in [6.45, 7) is 0. The summed E-state index contributed by atoms with van der Waals surface area (Å²) < 4.78 is 5.75. The largest absolute Gasteiger partial charge is 0.489 e. The van der Waals surface area contributed by atoms with E-state index in [0.717, 1.165) is 19.3 Å². The Labute approximate surface area is 94.9 Å². The number of ether oxygens (including phenoxy) is 1. The van der Waals surface area contributed by atoms with Gasteiger partial charge in [-0.1, -0.05) is 6.07 Å². The van der Waals surface area contributed by atoms with Crippen LogP contribution in [0, 0.1) is 28.6 Å². The van der Waals surface area contributed by atoms with Gasteiger partial charge in [0.25, 0.3) is 0 Å². The van der Waals surface area contributed by atoms with Crippen LogP contribution in [-0.4, -0.2) is 6.10 Å². The molecule has 2 unspecified atom stereocenters. The van der Waals surface area contributed by atoms with Crippen molar-refractivity contribution in [3.05, 3.63) is 29.8 Å². The molecule has 2 rings (SSSR count). The lowest BCUT2D eigenvalue weighted by atomic mass is 10.1. The van der Waals surface area contributed by atoms with Gasteiger partial charge in [-0.05, 0) is 37.5 Å². The lowest BCUT2D eigenvalue weighted by Crippen LogP contribution is -2.20. The molecule has 0 bridgehead atoms. The van der Waals surface area contributed by atoms with Crippen molar-refractivity contribution in [1.82, 2.24) is 0 Å². The van der Waals surface area contributed by atoms with Gasteiger partial charge in [-0.2, -0.15) is 10.5 Å². The fourth-order valence-electron chi connectivity index (χ4n) is 2.03. The minimum atomic E-state index is -0.0149. The predicted molar refractivity (Wildman–Crippen MR) is 58.5 cm³/mol. The third-order valence-electron chi connectivity index (χ3n) is 2.87. The molecule has 1 aromatic rings. The Kier molecular flexibility index (Phi) is 3.08. The monoisotopic (exact) mass is 212 g/mol. The summed E-state index contributed by atoms with van der Waals surface area (Å²) in [4.78, 5) is 0. The van der Waals surface area contributed by atoms with Gasteiger partial charge in [0, 0.05) is 0 Å². The van der Waals surface area contributed by atoms with E-state index in [1.54, 1.807) is 18.2 Å². The summed E-state index contributed by atoms with van der Waals surface area (Å²) in [6.07, 6.45) is 2.87. The topological polar surface area (TPSA) is 56.8 Å². The van der Waals surface area contributed by atoms with Crippen molar-refractivity contribution in [3.63, 3.8) is 0 Å². The number of hydrogen-bond acceptors (Lipinski definition) is 3. The highest BCUT2D eigenvalue weighted by molar-refractivity contribution is 5.36. The third-order valence-corrected chi connectivity index (χ3v) is 2.87. The Balaban J connectivity index is 2.09. The molecule has 1 fully saturated rings. The van der Waals surface area contributed by atoms with Gasteiger partial charge in [0.15, 0.2) is 0 Å². The fraction of sp³-hybridized carbons (Fsp3) is 0.385. The molecule has 1 aliphatic carbocycles. The Morgan fingerprint density at radius 2 is 2.12 bits per heavy atom. The molecule has 80 valence electrons. The first kappa shape index (κ1) is 10.5. The molecule has 3 heteroatoms. The Morgan fingerprint density at radius 1 is 1.25 bits per heavy atom. The van der Waals surface area contributed by atoms with Gasteiger partial charge < -0.3 is 4.74 Å². The average molecular weight is 212 g/mol. The minimum absolute atomic E-state index is 0.00857. The standard InChI is InChI=1S/C13H12N2O/c14-8-10-3-1-5-12(7-10)16-13-6-2-4-11(13)9-15/h1,3,5,7,11,13H,2,4,6H2. The van der Waals surface area contributed by atoms with E-state index in [1.165, 1.54) is 0 Å². The molecular formula is C13H12N2O. The van der Waals surface area contributed by atoms with E-state index in [2.05, 4.69) is 12.1 Å². The lowest BCUT2D eigenvalue weighted by Gasteiger charge is -2.16. The lowest BCUT2D eigenvalue weighted by molar-refractivity contribution is 0.182. The maximum atomic E-state index is 8.93. The van der Waals surface area contributed by atoms with Gasteiger partial charge >= 0.3 is 0 Å². The first-order valence-electron chi connectivity index (χ1n) is 5.40. The van der Waals surface area contributed by atoms with E-state index in [1.807, 2.05) is 6.07 Å². The van der Waals surface area contributed by atoms with Crippen LogP contribution < -0.4 is 4.74 Å². The van der Waals surface area contributed by atoms with E-state index in [-0.39, 0.29) is 12.0 Å². The minimum Gasteiger partial charge on any atom is -0.489 e. The summed E-state index contributed by atoms with van der Waals surface area (Å²) in [5.74, 6) is 0.678. The van der Waals surface area contributed by atoms with Crippen LogP contribution in [0.5, 0.6) is 5.75 Å². The molecule has 1 aromatic carbocycles. The molecule has 1 saturated carbocycles. The second-order valence-corrected chi connectivity index (χ2v) is 3.96. The summed E-state index contributed by atoms with van der Waals surface area (Å²) in [5, 5.41) is 17.7. The maximum absolute atomic E-state index is 8.93. The second kappa shape index (κ2) is 4.68. The second-order valence-electron chi connectivity index (χ2n) is 3.96. The van der Waals surface area contributed by atoms with E-state index in [0.29, 0.717) is 11.3 Å². The number of nitriles is 2. The van der Waals surface area contributed by atoms with Gasteiger partial charge in [-0.15, -0.1) is 0 Å². The van der Waals surface area contributed by atoms with Crippen LogP contribution in [0.3, 0.4) is 0 Å².